The molecule has 1 aliphatic carbocycles. The summed E-state index contributed by atoms with van der Waals surface area (Å²) in [6.07, 6.45) is 4.13. The van der Waals surface area contributed by atoms with Crippen LogP contribution in [-0.2, 0) is 0 Å². The average Bonchev–Trinajstić information content (AvgIpc) is 2.62. The molecular formula is C12H18N2OS. The number of nitrogens with zero attached hydrogens (tertiary/aromatic N) is 2. The molecule has 0 saturated heterocycles. The van der Waals surface area contributed by atoms with Gasteiger partial charge in [0.1, 0.15) is 0 Å². The van der Waals surface area contributed by atoms with Crippen LogP contribution in [0, 0.1) is 13.8 Å². The fraction of sp³-hybridized carbons (Fsp3) is 0.667. The van der Waals surface area contributed by atoms with Crippen molar-refractivity contribution in [3.63, 3.8) is 0 Å². The van der Waals surface area contributed by atoms with Gasteiger partial charge in [-0.1, -0.05) is 24.6 Å². The first kappa shape index (κ1) is 11.9. The van der Waals surface area contributed by atoms with E-state index >= 15 is 0 Å². The van der Waals surface area contributed by atoms with Gasteiger partial charge in [-0.3, -0.25) is 0 Å². The van der Waals surface area contributed by atoms with E-state index < -0.39 is 5.60 Å². The van der Waals surface area contributed by atoms with Crippen LogP contribution in [0.4, 0.5) is 0 Å². The van der Waals surface area contributed by atoms with E-state index in [9.17, 15) is 5.11 Å². The van der Waals surface area contributed by atoms with Gasteiger partial charge in [0.2, 0.25) is 0 Å². The highest BCUT2D eigenvalue weighted by molar-refractivity contribution is 7.99. The van der Waals surface area contributed by atoms with Crippen LogP contribution in [0.25, 0.3) is 0 Å². The molecule has 0 atom stereocenters. The van der Waals surface area contributed by atoms with E-state index in [2.05, 4.69) is 9.97 Å². The third-order valence-corrected chi connectivity index (χ3v) is 4.09. The maximum Gasteiger partial charge on any atom is 0.188 e. The first-order valence-electron chi connectivity index (χ1n) is 5.75. The molecule has 1 fully saturated rings. The van der Waals surface area contributed by atoms with Gasteiger partial charge in [-0.05, 0) is 32.8 Å². The van der Waals surface area contributed by atoms with E-state index in [4.69, 9.17) is 0 Å². The lowest BCUT2D eigenvalue weighted by Gasteiger charge is -2.20. The molecule has 1 saturated carbocycles. The molecule has 0 unspecified atom stereocenters. The number of hydrogen-bond acceptors (Lipinski definition) is 4. The Hall–Kier alpha value is -0.610. The van der Waals surface area contributed by atoms with Crippen LogP contribution in [-0.4, -0.2) is 26.4 Å². The minimum absolute atomic E-state index is 0.480. The predicted octanol–water partition coefficient (Wildman–Crippen LogP) is 2.49. The number of aryl methyl sites for hydroxylation is 2. The van der Waals surface area contributed by atoms with Crippen LogP contribution < -0.4 is 0 Å². The minimum Gasteiger partial charge on any atom is -0.389 e. The fourth-order valence-corrected chi connectivity index (χ4v) is 3.24. The summed E-state index contributed by atoms with van der Waals surface area (Å²) < 4.78 is 0. The normalized spacial score (nSPS) is 18.9. The Morgan fingerprint density at radius 1 is 1.25 bits per heavy atom. The quantitative estimate of drug-likeness (QED) is 0.649. The summed E-state index contributed by atoms with van der Waals surface area (Å²) in [4.78, 5) is 8.73. The van der Waals surface area contributed by atoms with E-state index in [1.165, 1.54) is 0 Å². The Balaban J connectivity index is 1.98. The summed E-state index contributed by atoms with van der Waals surface area (Å²) in [7, 11) is 0. The van der Waals surface area contributed by atoms with E-state index in [1.54, 1.807) is 11.8 Å². The van der Waals surface area contributed by atoms with Gasteiger partial charge >= 0.3 is 0 Å². The molecule has 0 radical (unpaired) electrons. The molecule has 0 aromatic carbocycles. The first-order chi connectivity index (χ1) is 7.57. The van der Waals surface area contributed by atoms with Crippen LogP contribution in [0.15, 0.2) is 11.2 Å². The molecule has 4 heteroatoms. The molecule has 88 valence electrons. The smallest absolute Gasteiger partial charge is 0.188 e. The number of thioether (sulfide) groups is 1. The van der Waals surface area contributed by atoms with E-state index in [0.29, 0.717) is 0 Å². The van der Waals surface area contributed by atoms with Crippen molar-refractivity contribution in [3.05, 3.63) is 17.5 Å². The third kappa shape index (κ3) is 2.95. The van der Waals surface area contributed by atoms with Crippen molar-refractivity contribution in [1.29, 1.82) is 0 Å². The lowest BCUT2D eigenvalue weighted by atomic mass is 10.1. The zero-order chi connectivity index (χ0) is 11.6. The van der Waals surface area contributed by atoms with Crippen LogP contribution in [0.1, 0.15) is 37.1 Å². The van der Waals surface area contributed by atoms with Gasteiger partial charge in [-0.25, -0.2) is 9.97 Å². The van der Waals surface area contributed by atoms with E-state index in [0.717, 1.165) is 48.0 Å². The Labute approximate surface area is 101 Å². The number of hydrogen-bond donors (Lipinski definition) is 1. The molecule has 16 heavy (non-hydrogen) atoms. The monoisotopic (exact) mass is 238 g/mol. The molecule has 0 bridgehead atoms. The molecule has 0 aliphatic heterocycles. The van der Waals surface area contributed by atoms with Crippen molar-refractivity contribution in [2.24, 2.45) is 0 Å². The largest absolute Gasteiger partial charge is 0.389 e. The van der Waals surface area contributed by atoms with Gasteiger partial charge in [-0.15, -0.1) is 0 Å². The van der Waals surface area contributed by atoms with Crippen LogP contribution in [0.5, 0.6) is 0 Å². The van der Waals surface area contributed by atoms with Gasteiger partial charge in [0.15, 0.2) is 5.16 Å². The summed E-state index contributed by atoms with van der Waals surface area (Å²) in [6, 6.07) is 1.97. The molecule has 0 amide bonds. The zero-order valence-corrected chi connectivity index (χ0v) is 10.7. The second kappa shape index (κ2) is 4.72. The molecule has 2 rings (SSSR count). The van der Waals surface area contributed by atoms with Gasteiger partial charge in [-0.2, -0.15) is 0 Å². The lowest BCUT2D eigenvalue weighted by Crippen LogP contribution is -2.27. The molecule has 1 aliphatic rings. The fourth-order valence-electron chi connectivity index (χ4n) is 2.13. The van der Waals surface area contributed by atoms with Crippen molar-refractivity contribution >= 4 is 11.8 Å². The molecule has 1 heterocycles. The first-order valence-corrected chi connectivity index (χ1v) is 6.73. The molecule has 0 spiro atoms. The third-order valence-electron chi connectivity index (χ3n) is 2.97. The van der Waals surface area contributed by atoms with E-state index in [1.807, 2.05) is 19.9 Å². The van der Waals surface area contributed by atoms with Gasteiger partial charge in [0.05, 0.1) is 5.60 Å². The predicted molar refractivity (Wildman–Crippen MR) is 65.6 cm³/mol. The van der Waals surface area contributed by atoms with E-state index in [-0.39, 0.29) is 0 Å². The highest BCUT2D eigenvalue weighted by Gasteiger charge is 2.31. The molecular weight excluding hydrogens is 220 g/mol. The zero-order valence-electron chi connectivity index (χ0n) is 9.86. The highest BCUT2D eigenvalue weighted by atomic mass is 32.2. The summed E-state index contributed by atoms with van der Waals surface area (Å²) >= 11 is 1.57. The Bertz CT molecular complexity index is 355. The molecule has 3 nitrogen and oxygen atoms in total. The van der Waals surface area contributed by atoms with Crippen molar-refractivity contribution in [2.75, 3.05) is 5.75 Å². The Kier molecular flexibility index (Phi) is 3.50. The second-order valence-corrected chi connectivity index (χ2v) is 5.60. The van der Waals surface area contributed by atoms with Gasteiger partial charge in [0, 0.05) is 17.1 Å². The van der Waals surface area contributed by atoms with Crippen LogP contribution >= 0.6 is 11.8 Å². The summed E-state index contributed by atoms with van der Waals surface area (Å²) in [5, 5.41) is 11.0. The van der Waals surface area contributed by atoms with Gasteiger partial charge in [0.25, 0.3) is 0 Å². The lowest BCUT2D eigenvalue weighted by molar-refractivity contribution is 0.0732. The molecule has 1 aromatic heterocycles. The average molecular weight is 238 g/mol. The van der Waals surface area contributed by atoms with Gasteiger partial charge < -0.3 is 5.11 Å². The van der Waals surface area contributed by atoms with Crippen LogP contribution in [0.2, 0.25) is 0 Å². The maximum absolute atomic E-state index is 10.2. The number of rotatable bonds is 3. The summed E-state index contributed by atoms with van der Waals surface area (Å²) in [5.74, 6) is 0.718. The standard InChI is InChI=1S/C12H18N2OS/c1-9-7-10(2)14-11(13-9)16-8-12(15)5-3-4-6-12/h7,15H,3-6,8H2,1-2H3. The second-order valence-electron chi connectivity index (χ2n) is 4.65. The van der Waals surface area contributed by atoms with Crippen molar-refractivity contribution in [2.45, 2.75) is 50.3 Å². The number of aliphatic hydroxyl groups is 1. The Morgan fingerprint density at radius 3 is 2.38 bits per heavy atom. The Morgan fingerprint density at radius 2 is 1.81 bits per heavy atom. The molecule has 1 N–H and O–H groups in total. The summed E-state index contributed by atoms with van der Waals surface area (Å²) in [5.41, 5.74) is 1.51. The van der Waals surface area contributed by atoms with Crippen molar-refractivity contribution in [3.8, 4) is 0 Å². The summed E-state index contributed by atoms with van der Waals surface area (Å²) in [6.45, 7) is 3.95. The van der Waals surface area contributed by atoms with Crippen molar-refractivity contribution in [1.82, 2.24) is 9.97 Å². The molecule has 1 aromatic rings. The topological polar surface area (TPSA) is 46.0 Å². The van der Waals surface area contributed by atoms with Crippen molar-refractivity contribution < 1.29 is 5.11 Å². The van der Waals surface area contributed by atoms with Crippen LogP contribution in [0.3, 0.4) is 0 Å². The number of aromatic nitrogens is 2. The SMILES string of the molecule is Cc1cc(C)nc(SCC2(O)CCCC2)n1. The highest BCUT2D eigenvalue weighted by Crippen LogP contribution is 2.33. The maximum atomic E-state index is 10.2. The minimum atomic E-state index is -0.480.